The lowest BCUT2D eigenvalue weighted by molar-refractivity contribution is 0.206. The molecule has 1 N–H and O–H groups in total. The number of imidazole rings is 2. The molecule has 0 bridgehead atoms. The van der Waals surface area contributed by atoms with Crippen LogP contribution < -0.4 is 4.74 Å². The third kappa shape index (κ3) is 4.43. The monoisotopic (exact) mass is 518 g/mol. The van der Waals surface area contributed by atoms with Gasteiger partial charge in [-0.3, -0.25) is 0 Å². The summed E-state index contributed by atoms with van der Waals surface area (Å²) in [5, 5.41) is 0. The molecule has 8 heteroatoms. The first kappa shape index (κ1) is 19.8. The van der Waals surface area contributed by atoms with Crippen molar-refractivity contribution in [3.05, 3.63) is 75.9 Å². The Balaban J connectivity index is 0.000000145. The number of aromatic amines is 1. The van der Waals surface area contributed by atoms with E-state index in [-0.39, 0.29) is 11.9 Å². The highest BCUT2D eigenvalue weighted by molar-refractivity contribution is 9.10. The predicted octanol–water partition coefficient (Wildman–Crippen LogP) is 6.07. The average Bonchev–Trinajstić information content (AvgIpc) is 3.35. The normalized spacial score (nSPS) is 14.7. The molecule has 0 radical (unpaired) electrons. The number of nitrogens with zero attached hydrogens (tertiary/aromatic N) is 3. The molecule has 3 heterocycles. The zero-order chi connectivity index (χ0) is 20.4. The van der Waals surface area contributed by atoms with Crippen molar-refractivity contribution in [3.63, 3.8) is 0 Å². The Morgan fingerprint density at radius 3 is 2.66 bits per heavy atom. The summed E-state index contributed by atoms with van der Waals surface area (Å²) in [6, 6.07) is 10.8. The smallest absolute Gasteiger partial charge is 0.143 e. The van der Waals surface area contributed by atoms with Gasteiger partial charge in [0.05, 0.1) is 17.7 Å². The number of halogens is 3. The Hall–Kier alpha value is -2.45. The SMILES string of the molecule is CC1Cn2ccnc2-c2ccc(Br)cc2O1.Fc1ccc(Br)cc1-c1ncc[nH]1. The van der Waals surface area contributed by atoms with Gasteiger partial charge in [-0.25, -0.2) is 14.4 Å². The minimum Gasteiger partial charge on any atom is -0.488 e. The molecule has 5 rings (SSSR count). The summed E-state index contributed by atoms with van der Waals surface area (Å²) in [7, 11) is 0. The van der Waals surface area contributed by atoms with Gasteiger partial charge in [-0.05, 0) is 43.3 Å². The summed E-state index contributed by atoms with van der Waals surface area (Å²) in [5.74, 6) is 2.13. The van der Waals surface area contributed by atoms with E-state index >= 15 is 0 Å². The summed E-state index contributed by atoms with van der Waals surface area (Å²) in [5.41, 5.74) is 1.52. The van der Waals surface area contributed by atoms with Gasteiger partial charge in [0.15, 0.2) is 0 Å². The predicted molar refractivity (Wildman–Crippen MR) is 117 cm³/mol. The fourth-order valence-electron chi connectivity index (χ4n) is 3.10. The Bertz CT molecular complexity index is 1130. The van der Waals surface area contributed by atoms with E-state index in [1.165, 1.54) is 6.07 Å². The number of hydrogen-bond acceptors (Lipinski definition) is 3. The third-order valence-corrected chi connectivity index (χ3v) is 5.35. The van der Waals surface area contributed by atoms with Gasteiger partial charge in [-0.2, -0.15) is 0 Å². The topological polar surface area (TPSA) is 55.7 Å². The molecule has 0 spiro atoms. The van der Waals surface area contributed by atoms with Crippen LogP contribution in [0.3, 0.4) is 0 Å². The molecule has 0 amide bonds. The Morgan fingerprint density at radius 2 is 1.86 bits per heavy atom. The van der Waals surface area contributed by atoms with Crippen molar-refractivity contribution < 1.29 is 9.13 Å². The first-order valence-corrected chi connectivity index (χ1v) is 10.5. The second-order valence-electron chi connectivity index (χ2n) is 6.53. The zero-order valence-corrected chi connectivity index (χ0v) is 18.6. The number of benzene rings is 2. The van der Waals surface area contributed by atoms with Gasteiger partial charge < -0.3 is 14.3 Å². The van der Waals surface area contributed by atoms with Gasteiger partial charge in [0.1, 0.15) is 29.3 Å². The van der Waals surface area contributed by atoms with Crippen LogP contribution in [0.25, 0.3) is 22.8 Å². The van der Waals surface area contributed by atoms with Gasteiger partial charge in [0, 0.05) is 33.7 Å². The number of hydrogen-bond donors (Lipinski definition) is 1. The van der Waals surface area contributed by atoms with Crippen LogP contribution >= 0.6 is 31.9 Å². The van der Waals surface area contributed by atoms with E-state index in [9.17, 15) is 4.39 Å². The number of rotatable bonds is 1. The molecule has 4 aromatic rings. The van der Waals surface area contributed by atoms with Crippen molar-refractivity contribution in [2.24, 2.45) is 0 Å². The van der Waals surface area contributed by atoms with Crippen LogP contribution in [0.1, 0.15) is 6.92 Å². The summed E-state index contributed by atoms with van der Waals surface area (Å²) in [6.45, 7) is 2.90. The van der Waals surface area contributed by atoms with E-state index in [4.69, 9.17) is 4.74 Å². The number of ether oxygens (including phenoxy) is 1. The van der Waals surface area contributed by atoms with Crippen LogP contribution in [-0.2, 0) is 6.54 Å². The fraction of sp³-hybridized carbons (Fsp3) is 0.143. The van der Waals surface area contributed by atoms with E-state index in [2.05, 4.69) is 58.3 Å². The summed E-state index contributed by atoms with van der Waals surface area (Å²) in [6.07, 6.45) is 7.24. The largest absolute Gasteiger partial charge is 0.488 e. The van der Waals surface area contributed by atoms with Crippen molar-refractivity contribution in [3.8, 4) is 28.5 Å². The molecule has 1 aliphatic heterocycles. The van der Waals surface area contributed by atoms with Crippen LogP contribution in [0.15, 0.2) is 70.1 Å². The van der Waals surface area contributed by atoms with Crippen molar-refractivity contribution in [2.75, 3.05) is 0 Å². The molecule has 2 aromatic carbocycles. The van der Waals surface area contributed by atoms with Crippen LogP contribution in [0.4, 0.5) is 4.39 Å². The van der Waals surface area contributed by atoms with E-state index in [1.807, 2.05) is 30.6 Å². The molecular formula is C21H17Br2FN4O. The van der Waals surface area contributed by atoms with E-state index in [1.54, 1.807) is 24.5 Å². The molecular weight excluding hydrogens is 503 g/mol. The van der Waals surface area contributed by atoms with Gasteiger partial charge in [-0.15, -0.1) is 0 Å². The maximum Gasteiger partial charge on any atom is 0.143 e. The van der Waals surface area contributed by atoms with Crippen LogP contribution in [0.2, 0.25) is 0 Å². The first-order chi connectivity index (χ1) is 14.0. The molecule has 1 unspecified atom stereocenters. The second-order valence-corrected chi connectivity index (χ2v) is 8.37. The standard InChI is InChI=1S/C12H11BrN2O.C9H6BrFN2/c1-8-7-15-5-4-14-12(15)10-3-2-9(13)6-11(10)16-8;10-6-1-2-8(11)7(5-6)9-12-3-4-13-9/h2-6,8H,7H2,1H3;1-5H,(H,12,13). The molecule has 2 aromatic heterocycles. The Kier molecular flexibility index (Phi) is 5.82. The molecule has 1 atom stereocenters. The summed E-state index contributed by atoms with van der Waals surface area (Å²) in [4.78, 5) is 11.2. The first-order valence-electron chi connectivity index (χ1n) is 8.94. The van der Waals surface area contributed by atoms with Crippen molar-refractivity contribution >= 4 is 31.9 Å². The van der Waals surface area contributed by atoms with Gasteiger partial charge in [0.2, 0.25) is 0 Å². The van der Waals surface area contributed by atoms with Gasteiger partial charge in [-0.1, -0.05) is 31.9 Å². The summed E-state index contributed by atoms with van der Waals surface area (Å²) < 4.78 is 23.1. The number of aromatic nitrogens is 4. The van der Waals surface area contributed by atoms with Crippen LogP contribution in [-0.4, -0.2) is 25.6 Å². The van der Waals surface area contributed by atoms with Crippen molar-refractivity contribution in [1.29, 1.82) is 0 Å². The lowest BCUT2D eigenvalue weighted by Crippen LogP contribution is -2.16. The Labute approximate surface area is 184 Å². The van der Waals surface area contributed by atoms with Crippen LogP contribution in [0, 0.1) is 5.82 Å². The number of H-pyrrole nitrogens is 1. The average molecular weight is 520 g/mol. The highest BCUT2D eigenvalue weighted by Gasteiger charge is 2.19. The zero-order valence-electron chi connectivity index (χ0n) is 15.4. The molecule has 0 fully saturated rings. The van der Waals surface area contributed by atoms with Gasteiger partial charge >= 0.3 is 0 Å². The van der Waals surface area contributed by atoms with Crippen molar-refractivity contribution in [2.45, 2.75) is 19.6 Å². The molecule has 1 aliphatic rings. The lowest BCUT2D eigenvalue weighted by Gasteiger charge is -2.12. The van der Waals surface area contributed by atoms with E-state index < -0.39 is 0 Å². The number of fused-ring (bicyclic) bond motifs is 3. The minimum atomic E-state index is -0.279. The molecule has 5 nitrogen and oxygen atoms in total. The Morgan fingerprint density at radius 1 is 1.07 bits per heavy atom. The van der Waals surface area contributed by atoms with E-state index in [0.717, 1.165) is 32.6 Å². The minimum absolute atomic E-state index is 0.156. The highest BCUT2D eigenvalue weighted by Crippen LogP contribution is 2.34. The fourth-order valence-corrected chi connectivity index (χ4v) is 3.80. The highest BCUT2D eigenvalue weighted by atomic mass is 79.9. The lowest BCUT2D eigenvalue weighted by atomic mass is 10.2. The maximum atomic E-state index is 13.3. The molecule has 0 saturated heterocycles. The van der Waals surface area contributed by atoms with Gasteiger partial charge in [0.25, 0.3) is 0 Å². The molecule has 148 valence electrons. The quantitative estimate of drug-likeness (QED) is 0.332. The van der Waals surface area contributed by atoms with Crippen molar-refractivity contribution in [1.82, 2.24) is 19.5 Å². The molecule has 0 saturated carbocycles. The van der Waals surface area contributed by atoms with Crippen LogP contribution in [0.5, 0.6) is 5.75 Å². The second kappa shape index (κ2) is 8.51. The number of nitrogens with one attached hydrogen (secondary N) is 1. The van der Waals surface area contributed by atoms with E-state index in [0.29, 0.717) is 11.4 Å². The summed E-state index contributed by atoms with van der Waals surface area (Å²) >= 11 is 6.73. The third-order valence-electron chi connectivity index (χ3n) is 4.36. The molecule has 0 aliphatic carbocycles. The molecule has 29 heavy (non-hydrogen) atoms. The maximum absolute atomic E-state index is 13.3.